The number of nitrogens with zero attached hydrogens (tertiary/aromatic N) is 1. The maximum absolute atomic E-state index is 12.6. The van der Waals surface area contributed by atoms with Gasteiger partial charge in [0.1, 0.15) is 11.6 Å². The molecule has 26 heavy (non-hydrogen) atoms. The van der Waals surface area contributed by atoms with E-state index in [4.69, 9.17) is 19.6 Å². The average molecular weight is 378 g/mol. The van der Waals surface area contributed by atoms with Crippen LogP contribution in [0.2, 0.25) is 0 Å². The Balaban J connectivity index is 2.28. The molecule has 2 unspecified atom stereocenters. The van der Waals surface area contributed by atoms with E-state index in [9.17, 15) is 14.4 Å². The van der Waals surface area contributed by atoms with Crippen molar-refractivity contribution < 1.29 is 28.3 Å². The Morgan fingerprint density at radius 1 is 1.35 bits per heavy atom. The van der Waals surface area contributed by atoms with Crippen molar-refractivity contribution in [3.63, 3.8) is 0 Å². The molecule has 0 aromatic carbocycles. The van der Waals surface area contributed by atoms with Gasteiger partial charge in [0.05, 0.1) is 47.3 Å². The normalized spacial score (nSPS) is 22.6. The number of ether oxygens (including phenoxy) is 2. The molecule has 1 aromatic rings. The molecule has 1 saturated heterocycles. The summed E-state index contributed by atoms with van der Waals surface area (Å²) in [5.41, 5.74) is 6.30. The lowest BCUT2D eigenvalue weighted by atomic mass is 9.86. The van der Waals surface area contributed by atoms with Gasteiger partial charge in [-0.15, -0.1) is 0 Å². The first-order valence-electron chi connectivity index (χ1n) is 7.95. The van der Waals surface area contributed by atoms with Gasteiger partial charge in [0.25, 0.3) is 0 Å². The summed E-state index contributed by atoms with van der Waals surface area (Å²) < 4.78 is 15.5. The molecule has 2 N–H and O–H groups in total. The van der Waals surface area contributed by atoms with Crippen LogP contribution in [0.4, 0.5) is 0 Å². The molecule has 1 aromatic heterocycles. The highest BCUT2D eigenvalue weighted by molar-refractivity contribution is 8.04. The van der Waals surface area contributed by atoms with Crippen LogP contribution >= 0.6 is 11.8 Å². The summed E-state index contributed by atoms with van der Waals surface area (Å²) in [7, 11) is 1.23. The number of amides is 1. The second-order valence-electron chi connectivity index (χ2n) is 5.61. The van der Waals surface area contributed by atoms with Crippen LogP contribution in [0.15, 0.2) is 44.8 Å². The molecule has 0 aliphatic carbocycles. The molecule has 0 spiro atoms. The van der Waals surface area contributed by atoms with Crippen molar-refractivity contribution in [1.82, 2.24) is 4.90 Å². The number of esters is 2. The van der Waals surface area contributed by atoms with Crippen LogP contribution in [-0.2, 0) is 23.9 Å². The van der Waals surface area contributed by atoms with Gasteiger partial charge in [-0.2, -0.15) is 0 Å². The van der Waals surface area contributed by atoms with Crippen molar-refractivity contribution in [3.05, 3.63) is 46.2 Å². The number of fused-ring (bicyclic) bond motifs is 1. The predicted molar refractivity (Wildman–Crippen MR) is 92.2 cm³/mol. The number of nitrogens with two attached hydrogens (primary N) is 1. The van der Waals surface area contributed by atoms with Crippen molar-refractivity contribution in [2.75, 3.05) is 13.7 Å². The molecular formula is C17H18N2O6S. The lowest BCUT2D eigenvalue weighted by Gasteiger charge is -2.31. The minimum Gasteiger partial charge on any atom is -0.468 e. The highest BCUT2D eigenvalue weighted by Gasteiger charge is 2.49. The molecule has 8 nitrogen and oxygen atoms in total. The summed E-state index contributed by atoms with van der Waals surface area (Å²) in [6.45, 7) is 3.47. The third-order valence-electron chi connectivity index (χ3n) is 4.11. The molecule has 0 radical (unpaired) electrons. The maximum atomic E-state index is 12.6. The zero-order chi connectivity index (χ0) is 19.0. The Hall–Kier alpha value is -2.68. The average Bonchev–Trinajstić information content (AvgIpc) is 3.23. The van der Waals surface area contributed by atoms with E-state index >= 15 is 0 Å². The van der Waals surface area contributed by atoms with Gasteiger partial charge in [-0.1, -0.05) is 11.8 Å². The fourth-order valence-corrected chi connectivity index (χ4v) is 4.15. The van der Waals surface area contributed by atoms with E-state index in [-0.39, 0.29) is 29.5 Å². The molecule has 9 heteroatoms. The lowest BCUT2D eigenvalue weighted by molar-refractivity contribution is -0.139. The maximum Gasteiger partial charge on any atom is 0.338 e. The fraction of sp³-hybridized carbons (Fsp3) is 0.353. The Morgan fingerprint density at radius 2 is 2.08 bits per heavy atom. The first-order valence-corrected chi connectivity index (χ1v) is 8.83. The summed E-state index contributed by atoms with van der Waals surface area (Å²) in [6.07, 6.45) is 1.43. The van der Waals surface area contributed by atoms with Crippen molar-refractivity contribution in [2.24, 2.45) is 5.73 Å². The number of carbonyl (C=O) groups is 3. The zero-order valence-electron chi connectivity index (χ0n) is 14.5. The molecular weight excluding hydrogens is 360 g/mol. The zero-order valence-corrected chi connectivity index (χ0v) is 15.3. The summed E-state index contributed by atoms with van der Waals surface area (Å²) in [5, 5.41) is -0.108. The monoisotopic (exact) mass is 378 g/mol. The fourth-order valence-electron chi connectivity index (χ4n) is 2.99. The quantitative estimate of drug-likeness (QED) is 0.784. The highest BCUT2D eigenvalue weighted by Crippen LogP contribution is 2.49. The Bertz CT molecular complexity index is 826. The lowest BCUT2D eigenvalue weighted by Crippen LogP contribution is -2.40. The third kappa shape index (κ3) is 2.68. The van der Waals surface area contributed by atoms with E-state index in [0.717, 1.165) is 0 Å². The second-order valence-corrected chi connectivity index (χ2v) is 6.94. The van der Waals surface area contributed by atoms with Gasteiger partial charge in [0.15, 0.2) is 0 Å². The standard InChI is InChI=1S/C17H18N2O6S/c1-4-24-17(22)11-10(9-6-5-7-25-9)12(16(21)23-3)15-19(13(11)18)14(20)8(2)26-15/h5-8,10H,4,18H2,1-3H3. The van der Waals surface area contributed by atoms with E-state index in [1.54, 1.807) is 26.0 Å². The second kappa shape index (κ2) is 6.91. The van der Waals surface area contributed by atoms with Crippen LogP contribution in [-0.4, -0.2) is 41.7 Å². The van der Waals surface area contributed by atoms with E-state index in [2.05, 4.69) is 0 Å². The number of hydrogen-bond donors (Lipinski definition) is 1. The van der Waals surface area contributed by atoms with Gasteiger partial charge in [-0.25, -0.2) is 9.59 Å². The third-order valence-corrected chi connectivity index (χ3v) is 5.29. The molecule has 3 heterocycles. The van der Waals surface area contributed by atoms with Crippen LogP contribution in [0.5, 0.6) is 0 Å². The first kappa shape index (κ1) is 18.1. The molecule has 0 bridgehead atoms. The molecule has 2 atom stereocenters. The minimum absolute atomic E-state index is 0.0194. The van der Waals surface area contributed by atoms with E-state index in [1.807, 2.05) is 0 Å². The Labute approximate surface area is 154 Å². The van der Waals surface area contributed by atoms with Gasteiger partial charge < -0.3 is 19.6 Å². The van der Waals surface area contributed by atoms with Crippen LogP contribution in [0.1, 0.15) is 25.5 Å². The summed E-state index contributed by atoms with van der Waals surface area (Å²) >= 11 is 1.19. The molecule has 1 amide bonds. The largest absolute Gasteiger partial charge is 0.468 e. The molecule has 138 valence electrons. The van der Waals surface area contributed by atoms with Gasteiger partial charge in [-0.05, 0) is 26.0 Å². The van der Waals surface area contributed by atoms with Crippen LogP contribution in [0.25, 0.3) is 0 Å². The van der Waals surface area contributed by atoms with E-state index in [1.165, 1.54) is 30.0 Å². The van der Waals surface area contributed by atoms with E-state index in [0.29, 0.717) is 10.8 Å². The van der Waals surface area contributed by atoms with E-state index < -0.39 is 23.1 Å². The smallest absolute Gasteiger partial charge is 0.338 e. The molecule has 1 fully saturated rings. The highest BCUT2D eigenvalue weighted by atomic mass is 32.2. The molecule has 0 saturated carbocycles. The Morgan fingerprint density at radius 3 is 2.65 bits per heavy atom. The molecule has 2 aliphatic heterocycles. The number of rotatable bonds is 4. The number of hydrogen-bond acceptors (Lipinski definition) is 8. The first-order chi connectivity index (χ1) is 12.4. The number of furan rings is 1. The van der Waals surface area contributed by atoms with Crippen LogP contribution in [0, 0.1) is 0 Å². The van der Waals surface area contributed by atoms with Gasteiger partial charge in [0, 0.05) is 0 Å². The summed E-state index contributed by atoms with van der Waals surface area (Å²) in [5.74, 6) is -2.36. The number of carbonyl (C=O) groups excluding carboxylic acids is 3. The minimum atomic E-state index is -0.923. The number of methoxy groups -OCH3 is 1. The van der Waals surface area contributed by atoms with Gasteiger partial charge in [0.2, 0.25) is 5.91 Å². The Kier molecular flexibility index (Phi) is 4.82. The van der Waals surface area contributed by atoms with Crippen molar-refractivity contribution in [2.45, 2.75) is 25.0 Å². The molecule has 2 aliphatic rings. The number of thioether (sulfide) groups is 1. The summed E-state index contributed by atoms with van der Waals surface area (Å²) in [4.78, 5) is 38.9. The van der Waals surface area contributed by atoms with Crippen LogP contribution in [0.3, 0.4) is 0 Å². The van der Waals surface area contributed by atoms with Gasteiger partial charge in [-0.3, -0.25) is 9.69 Å². The van der Waals surface area contributed by atoms with Crippen molar-refractivity contribution in [3.8, 4) is 0 Å². The van der Waals surface area contributed by atoms with Crippen LogP contribution < -0.4 is 5.73 Å². The topological polar surface area (TPSA) is 112 Å². The summed E-state index contributed by atoms with van der Waals surface area (Å²) in [6, 6.07) is 3.26. The van der Waals surface area contributed by atoms with Crippen molar-refractivity contribution in [1.29, 1.82) is 0 Å². The van der Waals surface area contributed by atoms with Gasteiger partial charge >= 0.3 is 11.9 Å². The SMILES string of the molecule is CCOC(=O)C1=C(N)N2C(=O)C(C)SC2=C(C(=O)OC)C1c1ccco1. The predicted octanol–water partition coefficient (Wildman–Crippen LogP) is 1.46. The van der Waals surface area contributed by atoms with Crippen molar-refractivity contribution >= 4 is 29.6 Å². The molecule has 3 rings (SSSR count).